The fourth-order valence-corrected chi connectivity index (χ4v) is 4.25. The van der Waals surface area contributed by atoms with E-state index in [2.05, 4.69) is 44.5 Å². The number of aliphatic hydroxyl groups excluding tert-OH is 1. The van der Waals surface area contributed by atoms with Gasteiger partial charge in [-0.1, -0.05) is 30.3 Å². The zero-order valence-electron chi connectivity index (χ0n) is 12.9. The van der Waals surface area contributed by atoms with Crippen LogP contribution in [0.1, 0.15) is 12.8 Å². The first-order valence-corrected chi connectivity index (χ1v) is 8.88. The molecule has 4 nitrogen and oxygen atoms in total. The van der Waals surface area contributed by atoms with E-state index in [1.807, 2.05) is 6.07 Å². The average molecular weight is 325 g/mol. The second kappa shape index (κ2) is 6.26. The summed E-state index contributed by atoms with van der Waals surface area (Å²) in [5.74, 6) is 1.35. The van der Waals surface area contributed by atoms with Crippen molar-refractivity contribution in [1.29, 1.82) is 0 Å². The Balaban J connectivity index is 1.82. The zero-order valence-corrected chi connectivity index (χ0v) is 13.7. The van der Waals surface area contributed by atoms with Crippen LogP contribution in [0.3, 0.4) is 0 Å². The van der Waals surface area contributed by atoms with Crippen LogP contribution in [0.15, 0.2) is 42.0 Å². The van der Waals surface area contributed by atoms with E-state index in [4.69, 9.17) is 0 Å². The molecule has 1 N–H and O–H groups in total. The summed E-state index contributed by atoms with van der Waals surface area (Å²) in [7, 11) is 0. The summed E-state index contributed by atoms with van der Waals surface area (Å²) >= 11 is 1.67. The summed E-state index contributed by atoms with van der Waals surface area (Å²) in [6, 6.07) is 10.4. The first-order valence-electron chi connectivity index (χ1n) is 8.00. The zero-order chi connectivity index (χ0) is 15.6. The summed E-state index contributed by atoms with van der Waals surface area (Å²) in [5.41, 5.74) is 2.40. The molecule has 1 aromatic carbocycles. The van der Waals surface area contributed by atoms with Gasteiger partial charge in [0.15, 0.2) is 0 Å². The maximum atomic E-state index is 9.50. The molecule has 0 unspecified atom stereocenters. The Morgan fingerprint density at radius 1 is 1.22 bits per heavy atom. The number of aromatic nitrogens is 2. The Labute approximate surface area is 139 Å². The highest BCUT2D eigenvalue weighted by Crippen LogP contribution is 2.38. The Bertz CT molecular complexity index is 802. The van der Waals surface area contributed by atoms with Crippen molar-refractivity contribution in [3.63, 3.8) is 0 Å². The van der Waals surface area contributed by atoms with Crippen molar-refractivity contribution in [2.45, 2.75) is 12.8 Å². The number of hydrogen-bond acceptors (Lipinski definition) is 5. The molecular weight excluding hydrogens is 306 g/mol. The Morgan fingerprint density at radius 2 is 2.09 bits per heavy atom. The molecule has 3 aromatic rings. The molecule has 4 rings (SSSR count). The van der Waals surface area contributed by atoms with Crippen molar-refractivity contribution < 1.29 is 5.11 Å². The van der Waals surface area contributed by atoms with Crippen molar-refractivity contribution in [1.82, 2.24) is 9.97 Å². The number of anilines is 1. The lowest BCUT2D eigenvalue weighted by atomic mass is 9.98. The molecule has 118 valence electrons. The molecule has 1 atom stereocenters. The molecule has 1 aliphatic heterocycles. The minimum absolute atomic E-state index is 0.250. The highest BCUT2D eigenvalue weighted by molar-refractivity contribution is 7.17. The third-order valence-corrected chi connectivity index (χ3v) is 5.40. The molecule has 0 saturated carbocycles. The predicted octanol–water partition coefficient (Wildman–Crippen LogP) is 3.57. The monoisotopic (exact) mass is 325 g/mol. The lowest BCUT2D eigenvalue weighted by molar-refractivity contribution is 0.208. The first-order chi connectivity index (χ1) is 11.4. The molecule has 1 aliphatic rings. The van der Waals surface area contributed by atoms with Gasteiger partial charge in [0.05, 0.1) is 5.39 Å². The number of benzene rings is 1. The van der Waals surface area contributed by atoms with Gasteiger partial charge in [0.25, 0.3) is 0 Å². The van der Waals surface area contributed by atoms with Gasteiger partial charge in [-0.15, -0.1) is 11.3 Å². The van der Waals surface area contributed by atoms with Crippen molar-refractivity contribution in [2.75, 3.05) is 24.6 Å². The third-order valence-electron chi connectivity index (χ3n) is 4.51. The number of thiophene rings is 1. The number of aliphatic hydroxyl groups is 1. The van der Waals surface area contributed by atoms with Gasteiger partial charge in [0, 0.05) is 30.6 Å². The summed E-state index contributed by atoms with van der Waals surface area (Å²) in [4.78, 5) is 12.4. The van der Waals surface area contributed by atoms with E-state index in [1.54, 1.807) is 17.7 Å². The van der Waals surface area contributed by atoms with Crippen molar-refractivity contribution in [2.24, 2.45) is 5.92 Å². The molecule has 0 spiro atoms. The van der Waals surface area contributed by atoms with E-state index >= 15 is 0 Å². The molecular formula is C18H19N3OS. The normalized spacial score (nSPS) is 18.5. The SMILES string of the molecule is OC[C@H]1CCCN(c2ncnc3scc(-c4ccccc4)c23)C1. The van der Waals surface area contributed by atoms with E-state index in [0.29, 0.717) is 5.92 Å². The minimum atomic E-state index is 0.250. The molecule has 0 radical (unpaired) electrons. The second-order valence-corrected chi connectivity index (χ2v) is 6.89. The summed E-state index contributed by atoms with van der Waals surface area (Å²) in [6.07, 6.45) is 3.85. The van der Waals surface area contributed by atoms with Gasteiger partial charge in [-0.2, -0.15) is 0 Å². The summed E-state index contributed by atoms with van der Waals surface area (Å²) < 4.78 is 0. The Hall–Kier alpha value is -1.98. The topological polar surface area (TPSA) is 49.2 Å². The van der Waals surface area contributed by atoms with Gasteiger partial charge in [-0.3, -0.25) is 0 Å². The van der Waals surface area contributed by atoms with Gasteiger partial charge < -0.3 is 10.0 Å². The quantitative estimate of drug-likeness (QED) is 0.800. The van der Waals surface area contributed by atoms with E-state index < -0.39 is 0 Å². The van der Waals surface area contributed by atoms with Crippen LogP contribution in [-0.2, 0) is 0 Å². The highest BCUT2D eigenvalue weighted by atomic mass is 32.1. The van der Waals surface area contributed by atoms with E-state index in [1.165, 1.54) is 11.1 Å². The second-order valence-electron chi connectivity index (χ2n) is 6.03. The Morgan fingerprint density at radius 3 is 2.91 bits per heavy atom. The summed E-state index contributed by atoms with van der Waals surface area (Å²) in [5, 5.41) is 12.8. The van der Waals surface area contributed by atoms with Gasteiger partial charge in [-0.25, -0.2) is 9.97 Å². The van der Waals surface area contributed by atoms with Crippen LogP contribution in [0.4, 0.5) is 5.82 Å². The number of rotatable bonds is 3. The fraction of sp³-hybridized carbons (Fsp3) is 0.333. The molecule has 0 amide bonds. The lowest BCUT2D eigenvalue weighted by Gasteiger charge is -2.33. The van der Waals surface area contributed by atoms with Crippen LogP contribution in [0.2, 0.25) is 0 Å². The summed E-state index contributed by atoms with van der Waals surface area (Å²) in [6.45, 7) is 2.11. The van der Waals surface area contributed by atoms with Crippen molar-refractivity contribution in [3.05, 3.63) is 42.0 Å². The van der Waals surface area contributed by atoms with Crippen LogP contribution >= 0.6 is 11.3 Å². The molecule has 2 aromatic heterocycles. The average Bonchev–Trinajstić information content (AvgIpc) is 3.06. The lowest BCUT2D eigenvalue weighted by Crippen LogP contribution is -2.37. The number of fused-ring (bicyclic) bond motifs is 1. The highest BCUT2D eigenvalue weighted by Gasteiger charge is 2.23. The first kappa shape index (κ1) is 14.6. The van der Waals surface area contributed by atoms with Crippen molar-refractivity contribution >= 4 is 27.4 Å². The molecule has 0 aliphatic carbocycles. The number of piperidine rings is 1. The van der Waals surface area contributed by atoms with Gasteiger partial charge in [-0.05, 0) is 24.3 Å². The van der Waals surface area contributed by atoms with Crippen LogP contribution in [0.25, 0.3) is 21.3 Å². The molecule has 0 bridgehead atoms. The van der Waals surface area contributed by atoms with E-state index in [9.17, 15) is 5.11 Å². The van der Waals surface area contributed by atoms with Gasteiger partial charge >= 0.3 is 0 Å². The number of nitrogens with zero attached hydrogens (tertiary/aromatic N) is 3. The third kappa shape index (κ3) is 2.71. The van der Waals surface area contributed by atoms with Crippen molar-refractivity contribution in [3.8, 4) is 11.1 Å². The van der Waals surface area contributed by atoms with Gasteiger partial charge in [0.1, 0.15) is 17.0 Å². The molecule has 3 heterocycles. The minimum Gasteiger partial charge on any atom is -0.396 e. The van der Waals surface area contributed by atoms with Crippen LogP contribution in [0.5, 0.6) is 0 Å². The standard InChI is InChI=1S/C18H19N3OS/c22-10-13-5-4-8-21(9-13)17-16-15(14-6-2-1-3-7-14)11-23-18(16)20-12-19-17/h1-3,6-7,11-13,22H,4-5,8-10H2/t13-/m0/s1. The smallest absolute Gasteiger partial charge is 0.141 e. The number of hydrogen-bond donors (Lipinski definition) is 1. The van der Waals surface area contributed by atoms with E-state index in [-0.39, 0.29) is 6.61 Å². The molecule has 23 heavy (non-hydrogen) atoms. The largest absolute Gasteiger partial charge is 0.396 e. The molecule has 5 heteroatoms. The molecule has 1 saturated heterocycles. The Kier molecular flexibility index (Phi) is 3.97. The van der Waals surface area contributed by atoms with Gasteiger partial charge in [0.2, 0.25) is 0 Å². The fourth-order valence-electron chi connectivity index (χ4n) is 3.34. The van der Waals surface area contributed by atoms with Crippen LogP contribution in [-0.4, -0.2) is 34.8 Å². The predicted molar refractivity (Wildman–Crippen MR) is 94.9 cm³/mol. The van der Waals surface area contributed by atoms with Crippen LogP contribution < -0.4 is 4.90 Å². The maximum absolute atomic E-state index is 9.50. The van der Waals surface area contributed by atoms with E-state index in [0.717, 1.165) is 42.0 Å². The maximum Gasteiger partial charge on any atom is 0.141 e. The molecule has 1 fully saturated rings. The van der Waals surface area contributed by atoms with Crippen LogP contribution in [0, 0.1) is 5.92 Å².